The summed E-state index contributed by atoms with van der Waals surface area (Å²) < 4.78 is 0. The summed E-state index contributed by atoms with van der Waals surface area (Å²) in [5.41, 5.74) is 0. The lowest BCUT2D eigenvalue weighted by Gasteiger charge is -2.44. The van der Waals surface area contributed by atoms with Crippen LogP contribution in [0.25, 0.3) is 0 Å². The Kier molecular flexibility index (Phi) is 10.9. The number of hydrogen-bond acceptors (Lipinski definition) is 0. The Hall–Kier alpha value is -3.03. The van der Waals surface area contributed by atoms with Gasteiger partial charge in [-0.3, -0.25) is 0 Å². The fraction of sp³-hybridized carbons (Fsp3) is 0.0714. The van der Waals surface area contributed by atoms with Crippen LogP contribution in [0.1, 0.15) is 13.8 Å². The zero-order chi connectivity index (χ0) is 21.5. The Morgan fingerprint density at radius 1 is 0.690 bits per heavy atom. The summed E-state index contributed by atoms with van der Waals surface area (Å²) in [5, 5.41) is 0. The van der Waals surface area contributed by atoms with Crippen molar-refractivity contribution in [2.45, 2.75) is 18.7 Å². The van der Waals surface area contributed by atoms with E-state index in [4.69, 9.17) is 0 Å². The van der Waals surface area contributed by atoms with Gasteiger partial charge in [-0.2, -0.15) is 0 Å². The third-order valence-electron chi connectivity index (χ3n) is 4.13. The van der Waals surface area contributed by atoms with Crippen LogP contribution in [0.2, 0.25) is 0 Å². The van der Waals surface area contributed by atoms with Gasteiger partial charge < -0.3 is 0 Å². The topological polar surface area (TPSA) is 0 Å². The number of rotatable bonds is 11. The highest BCUT2D eigenvalue weighted by Gasteiger charge is 2.34. The molecule has 1 unspecified atom stereocenters. The second kappa shape index (κ2) is 13.2. The largest absolute Gasteiger partial charge is 0.133 e. The van der Waals surface area contributed by atoms with Crippen molar-refractivity contribution in [3.8, 4) is 0 Å². The third-order valence-corrected chi connectivity index (χ3v) is 8.11. The van der Waals surface area contributed by atoms with Gasteiger partial charge in [-0.05, 0) is 44.2 Å². The molecule has 0 aliphatic rings. The molecule has 0 saturated heterocycles. The first-order valence-electron chi connectivity index (χ1n) is 9.58. The Morgan fingerprint density at radius 3 is 1.79 bits per heavy atom. The maximum absolute atomic E-state index is 4.17. The molecule has 0 aliphatic carbocycles. The predicted octanol–water partition coefficient (Wildman–Crippen LogP) is 8.95. The summed E-state index contributed by atoms with van der Waals surface area (Å²) >= 11 is 0. The van der Waals surface area contributed by atoms with Gasteiger partial charge in [-0.15, -0.1) is 10.0 Å². The molecule has 1 aromatic rings. The molecular weight excluding hydrogens is 368 g/mol. The molecule has 0 amide bonds. The van der Waals surface area contributed by atoms with Crippen LogP contribution in [-0.4, -0.2) is 0 Å². The lowest BCUT2D eigenvalue weighted by atomic mass is 10.4. The van der Waals surface area contributed by atoms with E-state index in [1.165, 1.54) is 4.90 Å². The van der Waals surface area contributed by atoms with Crippen molar-refractivity contribution in [3.05, 3.63) is 150 Å². The van der Waals surface area contributed by atoms with Crippen molar-refractivity contribution in [2.24, 2.45) is 0 Å². The summed E-state index contributed by atoms with van der Waals surface area (Å²) in [5.74, 6) is 0. The molecule has 0 N–H and O–H groups in total. The second-order valence-corrected chi connectivity index (χ2v) is 9.03. The molecular formula is C28H32S. The van der Waals surface area contributed by atoms with Crippen LogP contribution in [0.3, 0.4) is 0 Å². The van der Waals surface area contributed by atoms with Crippen molar-refractivity contribution in [2.75, 3.05) is 0 Å². The fourth-order valence-corrected chi connectivity index (χ4v) is 6.90. The van der Waals surface area contributed by atoms with E-state index >= 15 is 0 Å². The van der Waals surface area contributed by atoms with Gasteiger partial charge in [-0.1, -0.05) is 105 Å². The van der Waals surface area contributed by atoms with E-state index in [2.05, 4.69) is 87.0 Å². The van der Waals surface area contributed by atoms with Crippen molar-refractivity contribution in [3.63, 3.8) is 0 Å². The number of hydrogen-bond donors (Lipinski definition) is 0. The molecule has 0 nitrogen and oxygen atoms in total. The van der Waals surface area contributed by atoms with Gasteiger partial charge in [-0.25, -0.2) is 0 Å². The molecule has 0 heterocycles. The highest BCUT2D eigenvalue weighted by atomic mass is 32.3. The van der Waals surface area contributed by atoms with Gasteiger partial charge in [0.1, 0.15) is 0 Å². The molecule has 1 heteroatoms. The molecule has 0 aliphatic heterocycles. The lowest BCUT2D eigenvalue weighted by Crippen LogP contribution is -2.08. The van der Waals surface area contributed by atoms with Gasteiger partial charge in [0, 0.05) is 19.6 Å². The van der Waals surface area contributed by atoms with Gasteiger partial charge in [0.2, 0.25) is 0 Å². The van der Waals surface area contributed by atoms with E-state index in [0.717, 1.165) is 14.7 Å². The summed E-state index contributed by atoms with van der Waals surface area (Å²) in [6, 6.07) is 10.6. The second-order valence-electron chi connectivity index (χ2n) is 5.92. The van der Waals surface area contributed by atoms with E-state index in [9.17, 15) is 0 Å². The fourth-order valence-electron chi connectivity index (χ4n) is 2.99. The summed E-state index contributed by atoms with van der Waals surface area (Å²) in [6.07, 6.45) is 26.1. The van der Waals surface area contributed by atoms with Crippen molar-refractivity contribution in [1.82, 2.24) is 0 Å². The quantitative estimate of drug-likeness (QED) is 0.325. The zero-order valence-corrected chi connectivity index (χ0v) is 18.4. The minimum Gasteiger partial charge on any atom is -0.133 e. The average molecular weight is 401 g/mol. The highest BCUT2D eigenvalue weighted by molar-refractivity contribution is 8.43. The minimum absolute atomic E-state index is 1.11. The van der Waals surface area contributed by atoms with Crippen LogP contribution < -0.4 is 0 Å². The van der Waals surface area contributed by atoms with E-state index in [1.807, 2.05) is 56.4 Å². The first-order chi connectivity index (χ1) is 14.2. The minimum atomic E-state index is -1.82. The standard InChI is InChI=1S/C28H32S/c1-7-13-16-22-26(12-6)29(25(11-5)21-14-8-2,27(19-9-3)20-10-4)28-23-17-15-18-24-28/h7-24H,1,3,5-6H2,2,4H3/b14-8-,16-13-,20-10-,25-21+,26-22+,27-19+. The molecule has 0 bridgehead atoms. The van der Waals surface area contributed by atoms with Crippen molar-refractivity contribution in [1.29, 1.82) is 0 Å². The van der Waals surface area contributed by atoms with Crippen LogP contribution in [-0.2, 0) is 0 Å². The van der Waals surface area contributed by atoms with Gasteiger partial charge in [0.25, 0.3) is 0 Å². The van der Waals surface area contributed by atoms with Crippen LogP contribution in [0.15, 0.2) is 155 Å². The summed E-state index contributed by atoms with van der Waals surface area (Å²) in [7, 11) is -1.82. The molecule has 1 atom stereocenters. The number of benzene rings is 1. The highest BCUT2D eigenvalue weighted by Crippen LogP contribution is 2.74. The Balaban J connectivity index is 4.24. The van der Waals surface area contributed by atoms with Gasteiger partial charge >= 0.3 is 0 Å². The SMILES string of the molecule is C=C/C=C\C=C(/C=C)S(/C(C=C)=C/C=C\C)(C(/C=C\C)=C/C=C)c1ccccc1. The third kappa shape index (κ3) is 5.73. The smallest absolute Gasteiger partial charge is 0.00229 e. The van der Waals surface area contributed by atoms with Gasteiger partial charge in [0.15, 0.2) is 0 Å². The summed E-state index contributed by atoms with van der Waals surface area (Å²) in [6.45, 7) is 20.1. The Morgan fingerprint density at radius 2 is 1.31 bits per heavy atom. The first-order valence-corrected chi connectivity index (χ1v) is 11.2. The van der Waals surface area contributed by atoms with E-state index in [0.29, 0.717) is 0 Å². The molecule has 1 rings (SSSR count). The number of allylic oxidation sites excluding steroid dienone is 13. The van der Waals surface area contributed by atoms with Crippen LogP contribution >= 0.6 is 10.0 Å². The molecule has 0 aromatic heterocycles. The zero-order valence-electron chi connectivity index (χ0n) is 17.6. The van der Waals surface area contributed by atoms with Crippen LogP contribution in [0.4, 0.5) is 0 Å². The van der Waals surface area contributed by atoms with E-state index in [1.54, 1.807) is 6.08 Å². The molecule has 0 fully saturated rings. The average Bonchev–Trinajstić information content (AvgIpc) is 2.75. The van der Waals surface area contributed by atoms with E-state index in [-0.39, 0.29) is 0 Å². The predicted molar refractivity (Wildman–Crippen MR) is 136 cm³/mol. The maximum atomic E-state index is 4.17. The lowest BCUT2D eigenvalue weighted by molar-refractivity contribution is 1.43. The van der Waals surface area contributed by atoms with Crippen molar-refractivity contribution >= 4 is 10.0 Å². The first kappa shape index (κ1) is 24.0. The van der Waals surface area contributed by atoms with E-state index < -0.39 is 10.0 Å². The van der Waals surface area contributed by atoms with Crippen molar-refractivity contribution < 1.29 is 0 Å². The maximum Gasteiger partial charge on any atom is 0.00229 e. The molecule has 29 heavy (non-hydrogen) atoms. The Labute approximate surface area is 179 Å². The van der Waals surface area contributed by atoms with Gasteiger partial charge in [0.05, 0.1) is 0 Å². The Bertz CT molecular complexity index is 886. The molecule has 0 saturated carbocycles. The monoisotopic (exact) mass is 400 g/mol. The van der Waals surface area contributed by atoms with Crippen LogP contribution in [0.5, 0.6) is 0 Å². The normalized spacial score (nSPS) is 16.7. The summed E-state index contributed by atoms with van der Waals surface area (Å²) in [4.78, 5) is 4.62. The molecule has 0 radical (unpaired) electrons. The molecule has 0 spiro atoms. The molecule has 1 aromatic carbocycles. The van der Waals surface area contributed by atoms with Crippen LogP contribution in [0, 0.1) is 0 Å². The molecule has 150 valence electrons.